The van der Waals surface area contributed by atoms with Crippen LogP contribution in [0.1, 0.15) is 16.8 Å². The predicted octanol–water partition coefficient (Wildman–Crippen LogP) is 3.48. The van der Waals surface area contributed by atoms with Gasteiger partial charge >= 0.3 is 0 Å². The van der Waals surface area contributed by atoms with E-state index in [-0.39, 0.29) is 12.3 Å². The van der Waals surface area contributed by atoms with Crippen LogP contribution in [0.3, 0.4) is 0 Å². The largest absolute Gasteiger partial charge is 0.369 e. The number of rotatable bonds is 4. The van der Waals surface area contributed by atoms with Crippen LogP contribution < -0.4 is 5.73 Å². The molecule has 1 aromatic heterocycles. The Balaban J connectivity index is 2.13. The summed E-state index contributed by atoms with van der Waals surface area (Å²) in [5, 5.41) is 1.68. The Morgan fingerprint density at radius 1 is 1.32 bits per heavy atom. The number of hydrogen-bond acceptors (Lipinski definition) is 1. The van der Waals surface area contributed by atoms with Crippen molar-refractivity contribution in [1.82, 2.24) is 4.57 Å². The van der Waals surface area contributed by atoms with Gasteiger partial charge in [0.25, 0.3) is 0 Å². The minimum Gasteiger partial charge on any atom is -0.369 e. The number of aromatic nitrogens is 1. The molecule has 3 rings (SSSR count). The molecule has 3 aromatic rings. The number of primary amides is 1. The Morgan fingerprint density at radius 3 is 2.86 bits per heavy atom. The monoisotopic (exact) mass is 311 g/mol. The summed E-state index contributed by atoms with van der Waals surface area (Å²) in [6, 6.07) is 16.9. The number of fused-ring (bicyclic) bond motifs is 1. The van der Waals surface area contributed by atoms with Gasteiger partial charge < -0.3 is 10.3 Å². The molecule has 0 saturated carbocycles. The number of carbonyl (C=O) groups excluding carboxylic acids is 1. The van der Waals surface area contributed by atoms with Crippen molar-refractivity contribution in [3.05, 3.63) is 70.4 Å². The maximum atomic E-state index is 11.4. The van der Waals surface area contributed by atoms with E-state index >= 15 is 0 Å². The van der Waals surface area contributed by atoms with Crippen LogP contribution in [0.4, 0.5) is 0 Å². The molecule has 0 fully saturated rings. The van der Waals surface area contributed by atoms with Crippen molar-refractivity contribution in [1.29, 1.82) is 0 Å². The highest BCUT2D eigenvalue weighted by molar-refractivity contribution is 6.30. The van der Waals surface area contributed by atoms with Crippen LogP contribution in [0.25, 0.3) is 10.9 Å². The zero-order valence-corrected chi connectivity index (χ0v) is 13.0. The van der Waals surface area contributed by atoms with Crippen LogP contribution in [0.2, 0.25) is 5.02 Å². The minimum absolute atomic E-state index is 0.228. The lowest BCUT2D eigenvalue weighted by Crippen LogP contribution is -2.14. The number of nitrogens with two attached hydrogens (primary N) is 1. The Labute approximate surface area is 134 Å². The topological polar surface area (TPSA) is 48.0 Å². The lowest BCUT2D eigenvalue weighted by molar-refractivity contribution is -0.117. The number of nitrogens with zero attached hydrogens (tertiary/aromatic N) is 1. The highest BCUT2D eigenvalue weighted by Crippen LogP contribution is 2.27. The Hall–Kier alpha value is -2.26. The summed E-state index contributed by atoms with van der Waals surface area (Å²) in [6.07, 6.45) is 0.228. The summed E-state index contributed by atoms with van der Waals surface area (Å²) in [4.78, 5) is 11.4. The first-order valence-electron chi connectivity index (χ1n) is 7.07. The highest BCUT2D eigenvalue weighted by Gasteiger charge is 2.15. The van der Waals surface area contributed by atoms with Gasteiger partial charge in [-0.3, -0.25) is 4.79 Å². The third kappa shape index (κ3) is 2.72. The average Bonchev–Trinajstić information content (AvgIpc) is 2.73. The molecule has 111 valence electrons. The molecular weight excluding hydrogens is 296 g/mol. The van der Waals surface area contributed by atoms with Crippen molar-refractivity contribution in [3.63, 3.8) is 0 Å². The minimum atomic E-state index is -0.331. The van der Waals surface area contributed by atoms with Crippen LogP contribution in [0.5, 0.6) is 0 Å². The summed E-state index contributed by atoms with van der Waals surface area (Å²) < 4.78 is 2.18. The fourth-order valence-corrected chi connectivity index (χ4v) is 3.04. The first-order chi connectivity index (χ1) is 10.6. The molecule has 1 amide bonds. The second-order valence-electron chi connectivity index (χ2n) is 5.35. The molecule has 0 saturated heterocycles. The van der Waals surface area contributed by atoms with E-state index in [2.05, 4.69) is 10.6 Å². The maximum Gasteiger partial charge on any atom is 0.221 e. The van der Waals surface area contributed by atoms with Gasteiger partial charge in [0.05, 0.1) is 6.42 Å². The van der Waals surface area contributed by atoms with E-state index < -0.39 is 0 Å². The van der Waals surface area contributed by atoms with Gasteiger partial charge in [0.15, 0.2) is 0 Å². The number of halogens is 1. The number of hydrogen-bond donors (Lipinski definition) is 1. The molecule has 3 nitrogen and oxygen atoms in total. The third-order valence-electron chi connectivity index (χ3n) is 3.85. The lowest BCUT2D eigenvalue weighted by Gasteiger charge is -2.09. The molecule has 0 bridgehead atoms. The van der Waals surface area contributed by atoms with E-state index in [1.165, 1.54) is 0 Å². The summed E-state index contributed by atoms with van der Waals surface area (Å²) >= 11 is 6.07. The average molecular weight is 312 g/mol. The van der Waals surface area contributed by atoms with Crippen molar-refractivity contribution < 1.29 is 4.79 Å². The van der Waals surface area contributed by atoms with Crippen LogP contribution in [0.15, 0.2) is 42.5 Å². The summed E-state index contributed by atoms with van der Waals surface area (Å²) in [5.74, 6) is -0.331. The fourth-order valence-electron chi connectivity index (χ4n) is 2.83. The zero-order valence-electron chi connectivity index (χ0n) is 12.3. The molecular formula is C18H16ClN2O. The molecule has 0 aliphatic carbocycles. The molecule has 2 N–H and O–H groups in total. The Kier molecular flexibility index (Phi) is 3.90. The van der Waals surface area contributed by atoms with Gasteiger partial charge in [0.2, 0.25) is 5.91 Å². The predicted molar refractivity (Wildman–Crippen MR) is 89.0 cm³/mol. The summed E-state index contributed by atoms with van der Waals surface area (Å²) in [6.45, 7) is 2.70. The van der Waals surface area contributed by atoms with E-state index in [1.54, 1.807) is 0 Å². The van der Waals surface area contributed by atoms with Gasteiger partial charge in [-0.2, -0.15) is 0 Å². The second-order valence-corrected chi connectivity index (χ2v) is 5.79. The molecule has 1 radical (unpaired) electrons. The second kappa shape index (κ2) is 5.85. The molecule has 4 heteroatoms. The molecule has 22 heavy (non-hydrogen) atoms. The highest BCUT2D eigenvalue weighted by atomic mass is 35.5. The number of carbonyl (C=O) groups is 1. The standard InChI is InChI=1S/C18H16ClN2O/c1-12-16(10-18(20)22)15-7-2-3-8-17(15)21(12)11-13-5-4-6-14(19)9-13/h2-6,8-9H,10-11H2,1H3,(H2,20,22). The van der Waals surface area contributed by atoms with Crippen molar-refractivity contribution in [2.24, 2.45) is 5.73 Å². The Bertz CT molecular complexity index is 851. The normalized spacial score (nSPS) is 11.0. The van der Waals surface area contributed by atoms with Gasteiger partial charge in [-0.1, -0.05) is 35.9 Å². The molecule has 2 aromatic carbocycles. The van der Waals surface area contributed by atoms with Crippen LogP contribution in [0, 0.1) is 13.0 Å². The van der Waals surface area contributed by atoms with E-state index in [0.29, 0.717) is 6.54 Å². The lowest BCUT2D eigenvalue weighted by atomic mass is 10.1. The third-order valence-corrected chi connectivity index (χ3v) is 4.08. The van der Waals surface area contributed by atoms with Gasteiger partial charge in [-0.15, -0.1) is 0 Å². The molecule has 1 heterocycles. The van der Waals surface area contributed by atoms with Crippen LogP contribution in [-0.4, -0.2) is 10.5 Å². The van der Waals surface area contributed by atoms with Crippen LogP contribution in [-0.2, 0) is 17.8 Å². The van der Waals surface area contributed by atoms with Crippen molar-refractivity contribution >= 4 is 28.4 Å². The number of benzene rings is 2. The SMILES string of the molecule is Cc1c(CC(N)=O)c2[c]cccc2n1Cc1cccc(Cl)c1. The fraction of sp³-hybridized carbons (Fsp3) is 0.167. The van der Waals surface area contributed by atoms with Crippen molar-refractivity contribution in [3.8, 4) is 0 Å². The van der Waals surface area contributed by atoms with Crippen molar-refractivity contribution in [2.75, 3.05) is 0 Å². The van der Waals surface area contributed by atoms with Gasteiger partial charge in [0.1, 0.15) is 0 Å². The van der Waals surface area contributed by atoms with E-state index in [4.69, 9.17) is 17.3 Å². The van der Waals surface area contributed by atoms with Crippen LogP contribution >= 0.6 is 11.6 Å². The maximum absolute atomic E-state index is 11.4. The molecule has 0 aliphatic heterocycles. The molecule has 0 atom stereocenters. The molecule has 0 spiro atoms. The molecule has 0 aliphatic rings. The van der Waals surface area contributed by atoms with Gasteiger partial charge in [-0.05, 0) is 42.3 Å². The van der Waals surface area contributed by atoms with E-state index in [1.807, 2.05) is 49.4 Å². The molecule has 0 unspecified atom stereocenters. The van der Waals surface area contributed by atoms with Crippen molar-refractivity contribution in [2.45, 2.75) is 19.9 Å². The van der Waals surface area contributed by atoms with E-state index in [0.717, 1.165) is 32.7 Å². The Morgan fingerprint density at radius 2 is 2.14 bits per heavy atom. The van der Waals surface area contributed by atoms with E-state index in [9.17, 15) is 4.79 Å². The first-order valence-corrected chi connectivity index (χ1v) is 7.45. The zero-order chi connectivity index (χ0) is 15.7. The van der Waals surface area contributed by atoms with Gasteiger partial charge in [-0.25, -0.2) is 0 Å². The van der Waals surface area contributed by atoms with Gasteiger partial charge in [0, 0.05) is 28.2 Å². The first kappa shape index (κ1) is 14.7. The quantitative estimate of drug-likeness (QED) is 0.788. The summed E-state index contributed by atoms with van der Waals surface area (Å²) in [5.41, 5.74) is 9.54. The number of amides is 1. The smallest absolute Gasteiger partial charge is 0.221 e. The summed E-state index contributed by atoms with van der Waals surface area (Å²) in [7, 11) is 0.